The first-order valence-electron chi connectivity index (χ1n) is 6.15. The normalized spacial score (nSPS) is 19.1. The Balaban J connectivity index is 0.00000200. The number of amides is 1. The van der Waals surface area contributed by atoms with Gasteiger partial charge in [-0.1, -0.05) is 6.07 Å². The predicted octanol–water partition coefficient (Wildman–Crippen LogP) is 2.61. The fourth-order valence-electron chi connectivity index (χ4n) is 2.08. The molecule has 0 bridgehead atoms. The molecule has 2 rings (SSSR count). The molecule has 1 atom stereocenters. The van der Waals surface area contributed by atoms with Crippen LogP contribution in [0.25, 0.3) is 0 Å². The summed E-state index contributed by atoms with van der Waals surface area (Å²) in [5.74, 6) is -0.459. The molecule has 0 saturated carbocycles. The summed E-state index contributed by atoms with van der Waals surface area (Å²) in [6, 6.07) is 4.46. The third-order valence-electron chi connectivity index (χ3n) is 3.08. The molecule has 1 aromatic carbocycles. The van der Waals surface area contributed by atoms with E-state index in [1.54, 1.807) is 0 Å². The van der Waals surface area contributed by atoms with Gasteiger partial charge in [-0.25, -0.2) is 0 Å². The molecule has 1 heterocycles. The maximum absolute atomic E-state index is 12.5. The van der Waals surface area contributed by atoms with E-state index in [1.165, 1.54) is 12.1 Å². The molecule has 0 radical (unpaired) electrons. The van der Waals surface area contributed by atoms with Gasteiger partial charge in [0.05, 0.1) is 5.56 Å². The van der Waals surface area contributed by atoms with Crippen molar-refractivity contribution >= 4 is 18.3 Å². The summed E-state index contributed by atoms with van der Waals surface area (Å²) < 4.78 is 37.6. The van der Waals surface area contributed by atoms with E-state index in [0.717, 1.165) is 31.5 Å². The van der Waals surface area contributed by atoms with Crippen LogP contribution in [0.5, 0.6) is 0 Å². The quantitative estimate of drug-likeness (QED) is 0.882. The molecule has 112 valence electrons. The molecule has 20 heavy (non-hydrogen) atoms. The lowest BCUT2D eigenvalue weighted by Gasteiger charge is -2.23. The molecule has 2 N–H and O–H groups in total. The van der Waals surface area contributed by atoms with Gasteiger partial charge in [-0.15, -0.1) is 12.4 Å². The number of carbonyl (C=O) groups is 1. The van der Waals surface area contributed by atoms with Crippen LogP contribution in [-0.4, -0.2) is 25.0 Å². The largest absolute Gasteiger partial charge is 0.416 e. The first-order chi connectivity index (χ1) is 8.97. The van der Waals surface area contributed by atoms with Gasteiger partial charge in [0, 0.05) is 18.2 Å². The Morgan fingerprint density at radius 3 is 2.70 bits per heavy atom. The Morgan fingerprint density at radius 1 is 1.35 bits per heavy atom. The van der Waals surface area contributed by atoms with Crippen molar-refractivity contribution in [3.63, 3.8) is 0 Å². The first-order valence-corrected chi connectivity index (χ1v) is 6.15. The maximum atomic E-state index is 12.5. The van der Waals surface area contributed by atoms with Gasteiger partial charge in [0.15, 0.2) is 0 Å². The van der Waals surface area contributed by atoms with Crippen molar-refractivity contribution in [3.05, 3.63) is 35.4 Å². The van der Waals surface area contributed by atoms with Crippen molar-refractivity contribution < 1.29 is 18.0 Å². The highest BCUT2D eigenvalue weighted by atomic mass is 35.5. The van der Waals surface area contributed by atoms with E-state index in [4.69, 9.17) is 0 Å². The van der Waals surface area contributed by atoms with Gasteiger partial charge in [-0.3, -0.25) is 4.79 Å². The van der Waals surface area contributed by atoms with Crippen LogP contribution in [0.1, 0.15) is 28.8 Å². The highest BCUT2D eigenvalue weighted by molar-refractivity contribution is 5.94. The van der Waals surface area contributed by atoms with Gasteiger partial charge < -0.3 is 10.6 Å². The van der Waals surface area contributed by atoms with Gasteiger partial charge in [0.1, 0.15) is 0 Å². The SMILES string of the molecule is Cl.O=C(N[C@@H]1CCCNC1)c1cccc(C(F)(F)F)c1. The number of hydrogen-bond donors (Lipinski definition) is 2. The lowest BCUT2D eigenvalue weighted by atomic mass is 10.1. The van der Waals surface area contributed by atoms with Crippen molar-refractivity contribution in [1.82, 2.24) is 10.6 Å². The van der Waals surface area contributed by atoms with Crippen molar-refractivity contribution in [2.75, 3.05) is 13.1 Å². The van der Waals surface area contributed by atoms with Crippen molar-refractivity contribution in [2.45, 2.75) is 25.1 Å². The minimum atomic E-state index is -4.43. The average molecular weight is 309 g/mol. The van der Waals surface area contributed by atoms with Crippen LogP contribution >= 0.6 is 12.4 Å². The van der Waals surface area contributed by atoms with Gasteiger partial charge >= 0.3 is 6.18 Å². The Bertz CT molecular complexity index is 459. The van der Waals surface area contributed by atoms with Crippen LogP contribution in [0, 0.1) is 0 Å². The molecular weight excluding hydrogens is 293 g/mol. The minimum Gasteiger partial charge on any atom is -0.348 e. The topological polar surface area (TPSA) is 41.1 Å². The van der Waals surface area contributed by atoms with Crippen molar-refractivity contribution in [2.24, 2.45) is 0 Å². The van der Waals surface area contributed by atoms with Gasteiger partial charge in [-0.2, -0.15) is 13.2 Å². The number of nitrogens with one attached hydrogen (secondary N) is 2. The van der Waals surface area contributed by atoms with E-state index >= 15 is 0 Å². The third-order valence-corrected chi connectivity index (χ3v) is 3.08. The zero-order valence-corrected chi connectivity index (χ0v) is 11.5. The highest BCUT2D eigenvalue weighted by Crippen LogP contribution is 2.29. The van der Waals surface area contributed by atoms with Crippen molar-refractivity contribution in [1.29, 1.82) is 0 Å². The Morgan fingerprint density at radius 2 is 2.10 bits per heavy atom. The molecule has 1 fully saturated rings. The highest BCUT2D eigenvalue weighted by Gasteiger charge is 2.31. The van der Waals surface area contributed by atoms with Crippen LogP contribution in [0.3, 0.4) is 0 Å². The summed E-state index contributed by atoms with van der Waals surface area (Å²) in [5.41, 5.74) is -0.762. The molecular formula is C13H16ClF3N2O. The number of rotatable bonds is 2. The molecule has 0 aromatic heterocycles. The fraction of sp³-hybridized carbons (Fsp3) is 0.462. The zero-order chi connectivity index (χ0) is 13.9. The molecule has 1 amide bonds. The molecule has 3 nitrogen and oxygen atoms in total. The average Bonchev–Trinajstić information content (AvgIpc) is 2.39. The summed E-state index contributed by atoms with van der Waals surface area (Å²) >= 11 is 0. The molecule has 1 aromatic rings. The molecule has 1 aliphatic heterocycles. The lowest BCUT2D eigenvalue weighted by Crippen LogP contribution is -2.45. The van der Waals surface area contributed by atoms with E-state index in [0.29, 0.717) is 6.54 Å². The van der Waals surface area contributed by atoms with Crippen molar-refractivity contribution in [3.8, 4) is 0 Å². The number of benzene rings is 1. The van der Waals surface area contributed by atoms with Crippen LogP contribution in [0.15, 0.2) is 24.3 Å². The van der Waals surface area contributed by atoms with E-state index in [2.05, 4.69) is 10.6 Å². The Labute approximate surface area is 121 Å². The number of alkyl halides is 3. The van der Waals surface area contributed by atoms with Gasteiger partial charge in [0.25, 0.3) is 5.91 Å². The Hall–Kier alpha value is -1.27. The number of halogens is 4. The van der Waals surface area contributed by atoms with Crippen LogP contribution in [-0.2, 0) is 6.18 Å². The number of carbonyl (C=O) groups excluding carboxylic acids is 1. The van der Waals surface area contributed by atoms with Crippen LogP contribution < -0.4 is 10.6 Å². The maximum Gasteiger partial charge on any atom is 0.416 e. The van der Waals surface area contributed by atoms with E-state index < -0.39 is 17.6 Å². The summed E-state index contributed by atoms with van der Waals surface area (Å²) in [6.07, 6.45) is -2.63. The van der Waals surface area contributed by atoms with E-state index in [9.17, 15) is 18.0 Å². The molecule has 1 saturated heterocycles. The summed E-state index contributed by atoms with van der Waals surface area (Å²) in [4.78, 5) is 11.9. The second-order valence-electron chi connectivity index (χ2n) is 4.60. The zero-order valence-electron chi connectivity index (χ0n) is 10.7. The molecule has 0 spiro atoms. The summed E-state index contributed by atoms with van der Waals surface area (Å²) in [5, 5.41) is 5.88. The van der Waals surface area contributed by atoms with E-state index in [1.807, 2.05) is 0 Å². The number of hydrogen-bond acceptors (Lipinski definition) is 2. The summed E-state index contributed by atoms with van der Waals surface area (Å²) in [6.45, 7) is 1.57. The smallest absolute Gasteiger partial charge is 0.348 e. The third kappa shape index (κ3) is 4.38. The standard InChI is InChI=1S/C13H15F3N2O.ClH/c14-13(15,16)10-4-1-3-9(7-10)12(19)18-11-5-2-6-17-8-11;/h1,3-4,7,11,17H,2,5-6,8H2,(H,18,19);1H/t11-;/m1./s1. The predicted molar refractivity (Wildman–Crippen MR) is 72.0 cm³/mol. The van der Waals surface area contributed by atoms with Gasteiger partial charge in [-0.05, 0) is 37.6 Å². The van der Waals surface area contributed by atoms with Crippen LogP contribution in [0.2, 0.25) is 0 Å². The lowest BCUT2D eigenvalue weighted by molar-refractivity contribution is -0.137. The van der Waals surface area contributed by atoms with Gasteiger partial charge in [0.2, 0.25) is 0 Å². The summed E-state index contributed by atoms with van der Waals surface area (Å²) in [7, 11) is 0. The first kappa shape index (κ1) is 16.8. The second-order valence-corrected chi connectivity index (χ2v) is 4.60. The number of piperidine rings is 1. The second kappa shape index (κ2) is 6.95. The fourth-order valence-corrected chi connectivity index (χ4v) is 2.08. The van der Waals surface area contributed by atoms with E-state index in [-0.39, 0.29) is 24.0 Å². The molecule has 7 heteroatoms. The monoisotopic (exact) mass is 308 g/mol. The Kier molecular flexibility index (Phi) is 5.83. The van der Waals surface area contributed by atoms with Crippen LogP contribution in [0.4, 0.5) is 13.2 Å². The minimum absolute atomic E-state index is 0. The molecule has 1 aliphatic rings. The molecule has 0 aliphatic carbocycles. The molecule has 0 unspecified atom stereocenters.